The predicted octanol–water partition coefficient (Wildman–Crippen LogP) is 2.46. The summed E-state index contributed by atoms with van der Waals surface area (Å²) < 4.78 is 0. The van der Waals surface area contributed by atoms with Crippen molar-refractivity contribution in [2.45, 2.75) is 20.3 Å². The Balaban J connectivity index is 3.17. The Kier molecular flexibility index (Phi) is 4.07. The van der Waals surface area contributed by atoms with Crippen molar-refractivity contribution in [3.8, 4) is 12.1 Å². The Morgan fingerprint density at radius 2 is 2.00 bits per heavy atom. The van der Waals surface area contributed by atoms with Gasteiger partial charge in [0.1, 0.15) is 11.5 Å². The second-order valence-corrected chi connectivity index (χ2v) is 4.29. The van der Waals surface area contributed by atoms with E-state index in [4.69, 9.17) is 10.5 Å². The van der Waals surface area contributed by atoms with Crippen LogP contribution in [-0.2, 0) is 4.79 Å². The summed E-state index contributed by atoms with van der Waals surface area (Å²) in [6, 6.07) is 10.9. The van der Waals surface area contributed by atoms with Gasteiger partial charge in [-0.25, -0.2) is 0 Å². The third kappa shape index (κ3) is 2.33. The number of hydrogen-bond donors (Lipinski definition) is 0. The molecule has 0 saturated heterocycles. The summed E-state index contributed by atoms with van der Waals surface area (Å²) in [5, 5.41) is 18.1. The molecule has 1 aromatic carbocycles. The van der Waals surface area contributed by atoms with E-state index in [9.17, 15) is 4.79 Å². The first-order chi connectivity index (χ1) is 8.50. The van der Waals surface area contributed by atoms with Gasteiger partial charge in [0.25, 0.3) is 0 Å². The zero-order valence-electron chi connectivity index (χ0n) is 10.8. The minimum absolute atomic E-state index is 0.296. The van der Waals surface area contributed by atoms with Crippen molar-refractivity contribution in [2.75, 3.05) is 11.9 Å². The van der Waals surface area contributed by atoms with E-state index in [-0.39, 0.29) is 5.91 Å². The maximum absolute atomic E-state index is 12.3. The van der Waals surface area contributed by atoms with Crippen molar-refractivity contribution in [2.24, 2.45) is 5.41 Å². The molecule has 0 aliphatic heterocycles. The van der Waals surface area contributed by atoms with E-state index in [1.54, 1.807) is 45.2 Å². The van der Waals surface area contributed by atoms with Crippen LogP contribution in [-0.4, -0.2) is 13.0 Å². The van der Waals surface area contributed by atoms with Gasteiger partial charge in [-0.2, -0.15) is 10.5 Å². The van der Waals surface area contributed by atoms with Crippen LogP contribution in [0.1, 0.15) is 25.8 Å². The van der Waals surface area contributed by atoms with Crippen molar-refractivity contribution in [3.05, 3.63) is 29.8 Å². The summed E-state index contributed by atoms with van der Waals surface area (Å²) in [6.45, 7) is 3.41. The molecule has 0 heterocycles. The minimum atomic E-state index is -1.06. The van der Waals surface area contributed by atoms with Crippen LogP contribution in [0.3, 0.4) is 0 Å². The van der Waals surface area contributed by atoms with Gasteiger partial charge in [-0.15, -0.1) is 0 Å². The number of carbonyl (C=O) groups excluding carboxylic acids is 1. The molecule has 0 aliphatic rings. The van der Waals surface area contributed by atoms with Crippen LogP contribution in [0.4, 0.5) is 5.69 Å². The molecule has 0 radical (unpaired) electrons. The lowest BCUT2D eigenvalue weighted by molar-refractivity contribution is -0.124. The standard InChI is InChI=1S/C14H15N3O/c1-4-14(2,10-16)13(18)17(3)12-8-6-5-7-11(12)9-15/h5-8H,4H2,1-3H3. The molecule has 1 amide bonds. The van der Waals surface area contributed by atoms with Gasteiger partial charge in [0.2, 0.25) is 5.91 Å². The van der Waals surface area contributed by atoms with Crippen molar-refractivity contribution in [1.29, 1.82) is 10.5 Å². The average Bonchev–Trinajstić information content (AvgIpc) is 2.44. The lowest BCUT2D eigenvalue weighted by atomic mass is 9.87. The SMILES string of the molecule is CCC(C)(C#N)C(=O)N(C)c1ccccc1C#N. The van der Waals surface area contributed by atoms with Crippen LogP contribution in [0.15, 0.2) is 24.3 Å². The first-order valence-electron chi connectivity index (χ1n) is 5.68. The highest BCUT2D eigenvalue weighted by atomic mass is 16.2. The fraction of sp³-hybridized carbons (Fsp3) is 0.357. The monoisotopic (exact) mass is 241 g/mol. The number of carbonyl (C=O) groups is 1. The van der Waals surface area contributed by atoms with Crippen LogP contribution in [0.5, 0.6) is 0 Å². The second-order valence-electron chi connectivity index (χ2n) is 4.29. The Hall–Kier alpha value is -2.33. The number of nitrogens with zero attached hydrogens (tertiary/aromatic N) is 3. The molecule has 92 valence electrons. The maximum Gasteiger partial charge on any atom is 0.246 e. The van der Waals surface area contributed by atoms with Crippen LogP contribution >= 0.6 is 0 Å². The van der Waals surface area contributed by atoms with Gasteiger partial charge >= 0.3 is 0 Å². The van der Waals surface area contributed by atoms with Gasteiger partial charge in [0.05, 0.1) is 17.3 Å². The molecule has 0 saturated carbocycles. The minimum Gasteiger partial charge on any atom is -0.313 e. The van der Waals surface area contributed by atoms with E-state index in [0.717, 1.165) is 0 Å². The van der Waals surface area contributed by atoms with E-state index >= 15 is 0 Å². The number of para-hydroxylation sites is 1. The summed E-state index contributed by atoms with van der Waals surface area (Å²) in [7, 11) is 1.59. The number of benzene rings is 1. The fourth-order valence-corrected chi connectivity index (χ4v) is 1.62. The molecule has 0 N–H and O–H groups in total. The molecule has 0 aromatic heterocycles. The number of nitriles is 2. The maximum atomic E-state index is 12.3. The molecule has 4 heteroatoms. The van der Waals surface area contributed by atoms with Crippen LogP contribution in [0.2, 0.25) is 0 Å². The van der Waals surface area contributed by atoms with Gasteiger partial charge in [0.15, 0.2) is 0 Å². The molecule has 0 bridgehead atoms. The largest absolute Gasteiger partial charge is 0.313 e. The zero-order valence-corrected chi connectivity index (χ0v) is 10.8. The molecule has 1 aromatic rings. The van der Waals surface area contributed by atoms with E-state index in [0.29, 0.717) is 17.7 Å². The summed E-state index contributed by atoms with van der Waals surface area (Å²) >= 11 is 0. The first kappa shape index (κ1) is 13.7. The van der Waals surface area contributed by atoms with Crippen molar-refractivity contribution in [3.63, 3.8) is 0 Å². The lowest BCUT2D eigenvalue weighted by Crippen LogP contribution is -2.39. The molecular weight excluding hydrogens is 226 g/mol. The van der Waals surface area contributed by atoms with E-state index in [1.165, 1.54) is 4.90 Å². The number of rotatable bonds is 3. The van der Waals surface area contributed by atoms with Gasteiger partial charge in [-0.05, 0) is 25.5 Å². The Morgan fingerprint density at radius 1 is 1.39 bits per heavy atom. The van der Waals surface area contributed by atoms with Crippen LogP contribution in [0.25, 0.3) is 0 Å². The van der Waals surface area contributed by atoms with Crippen molar-refractivity contribution < 1.29 is 4.79 Å². The molecule has 4 nitrogen and oxygen atoms in total. The van der Waals surface area contributed by atoms with Crippen LogP contribution < -0.4 is 4.90 Å². The molecule has 0 spiro atoms. The quantitative estimate of drug-likeness (QED) is 0.816. The Labute approximate surface area is 107 Å². The summed E-state index contributed by atoms with van der Waals surface area (Å²) in [6.07, 6.45) is 0.432. The molecule has 0 fully saturated rings. The number of anilines is 1. The third-order valence-corrected chi connectivity index (χ3v) is 3.12. The van der Waals surface area contributed by atoms with Crippen molar-refractivity contribution in [1.82, 2.24) is 0 Å². The van der Waals surface area contributed by atoms with E-state index in [2.05, 4.69) is 0 Å². The average molecular weight is 241 g/mol. The molecule has 1 rings (SSSR count). The lowest BCUT2D eigenvalue weighted by Gasteiger charge is -2.26. The zero-order chi connectivity index (χ0) is 13.8. The normalized spacial score (nSPS) is 12.9. The summed E-state index contributed by atoms with van der Waals surface area (Å²) in [5.41, 5.74) is -0.109. The predicted molar refractivity (Wildman–Crippen MR) is 68.6 cm³/mol. The van der Waals surface area contributed by atoms with Gasteiger partial charge < -0.3 is 4.90 Å². The second kappa shape index (κ2) is 5.33. The Morgan fingerprint density at radius 3 is 2.50 bits per heavy atom. The number of hydrogen-bond acceptors (Lipinski definition) is 3. The summed E-state index contributed by atoms with van der Waals surface area (Å²) in [4.78, 5) is 13.7. The van der Waals surface area contributed by atoms with Gasteiger partial charge in [-0.3, -0.25) is 4.79 Å². The number of amides is 1. The highest BCUT2D eigenvalue weighted by Crippen LogP contribution is 2.27. The smallest absolute Gasteiger partial charge is 0.246 e. The van der Waals surface area contributed by atoms with Crippen LogP contribution in [0, 0.1) is 28.1 Å². The molecule has 1 unspecified atom stereocenters. The Bertz CT molecular complexity index is 539. The van der Waals surface area contributed by atoms with Gasteiger partial charge in [-0.1, -0.05) is 19.1 Å². The van der Waals surface area contributed by atoms with E-state index in [1.807, 2.05) is 12.1 Å². The fourth-order valence-electron chi connectivity index (χ4n) is 1.62. The highest BCUT2D eigenvalue weighted by Gasteiger charge is 2.34. The first-order valence-corrected chi connectivity index (χ1v) is 5.68. The van der Waals surface area contributed by atoms with E-state index < -0.39 is 5.41 Å². The third-order valence-electron chi connectivity index (χ3n) is 3.12. The molecule has 18 heavy (non-hydrogen) atoms. The molecule has 1 atom stereocenters. The highest BCUT2D eigenvalue weighted by molar-refractivity contribution is 5.99. The molecular formula is C14H15N3O. The van der Waals surface area contributed by atoms with Gasteiger partial charge in [0, 0.05) is 7.05 Å². The summed E-state index contributed by atoms with van der Waals surface area (Å²) in [5.74, 6) is -0.296. The molecule has 0 aliphatic carbocycles. The topological polar surface area (TPSA) is 67.9 Å². The van der Waals surface area contributed by atoms with Crippen molar-refractivity contribution >= 4 is 11.6 Å².